The minimum absolute atomic E-state index is 0.348. The van der Waals surface area contributed by atoms with Gasteiger partial charge in [-0.1, -0.05) is 6.92 Å². The van der Waals surface area contributed by atoms with Crippen LogP contribution in [-0.2, 0) is 0 Å². The summed E-state index contributed by atoms with van der Waals surface area (Å²) in [7, 11) is 0. The molecule has 2 unspecified atom stereocenters. The standard InChI is InChI=1S/C10H23NO2/c1-6-10(5,13)7-11-9(3,4)8(2)12/h8,11-13H,6-7H2,1-5H3. The van der Waals surface area contributed by atoms with Crippen molar-refractivity contribution in [1.82, 2.24) is 5.32 Å². The highest BCUT2D eigenvalue weighted by Gasteiger charge is 2.27. The molecule has 0 fully saturated rings. The molecule has 0 radical (unpaired) electrons. The Bertz CT molecular complexity index is 153. The van der Waals surface area contributed by atoms with E-state index in [0.717, 1.165) is 0 Å². The zero-order valence-corrected chi connectivity index (χ0v) is 9.39. The van der Waals surface area contributed by atoms with Crippen molar-refractivity contribution < 1.29 is 10.2 Å². The molecule has 13 heavy (non-hydrogen) atoms. The summed E-state index contributed by atoms with van der Waals surface area (Å²) in [6.45, 7) is 9.82. The summed E-state index contributed by atoms with van der Waals surface area (Å²) < 4.78 is 0. The molecule has 0 aromatic rings. The quantitative estimate of drug-likeness (QED) is 0.602. The molecule has 3 nitrogen and oxygen atoms in total. The van der Waals surface area contributed by atoms with Crippen molar-refractivity contribution in [3.05, 3.63) is 0 Å². The van der Waals surface area contributed by atoms with Crippen molar-refractivity contribution in [2.24, 2.45) is 0 Å². The predicted octanol–water partition coefficient (Wildman–Crippen LogP) is 0.896. The summed E-state index contributed by atoms with van der Waals surface area (Å²) in [5, 5.41) is 22.3. The van der Waals surface area contributed by atoms with Crippen LogP contribution in [0.1, 0.15) is 41.0 Å². The average molecular weight is 189 g/mol. The molecule has 0 aliphatic carbocycles. The molecule has 80 valence electrons. The van der Waals surface area contributed by atoms with Crippen LogP contribution in [0.25, 0.3) is 0 Å². The molecule has 0 spiro atoms. The maximum Gasteiger partial charge on any atom is 0.0741 e. The molecule has 0 aromatic carbocycles. The van der Waals surface area contributed by atoms with Crippen LogP contribution in [-0.4, -0.2) is 34.0 Å². The minimum Gasteiger partial charge on any atom is -0.392 e. The Labute approximate surface area is 81.2 Å². The summed E-state index contributed by atoms with van der Waals surface area (Å²) >= 11 is 0. The third-order valence-corrected chi connectivity index (χ3v) is 2.73. The minimum atomic E-state index is -0.688. The molecule has 0 aliphatic heterocycles. The maximum absolute atomic E-state index is 9.72. The van der Waals surface area contributed by atoms with E-state index in [1.165, 1.54) is 0 Å². The third kappa shape index (κ3) is 4.60. The fourth-order valence-corrected chi connectivity index (χ4v) is 0.691. The van der Waals surface area contributed by atoms with Gasteiger partial charge >= 0.3 is 0 Å². The zero-order chi connectivity index (χ0) is 10.7. The first-order valence-corrected chi connectivity index (χ1v) is 4.87. The summed E-state index contributed by atoms with van der Waals surface area (Å²) in [5.74, 6) is 0. The van der Waals surface area contributed by atoms with E-state index in [-0.39, 0.29) is 5.54 Å². The van der Waals surface area contributed by atoms with Crippen LogP contribution in [0, 0.1) is 0 Å². The van der Waals surface area contributed by atoms with Gasteiger partial charge in [-0.05, 0) is 34.1 Å². The van der Waals surface area contributed by atoms with Gasteiger partial charge in [-0.3, -0.25) is 0 Å². The van der Waals surface area contributed by atoms with E-state index in [0.29, 0.717) is 13.0 Å². The Morgan fingerprint density at radius 3 is 2.08 bits per heavy atom. The van der Waals surface area contributed by atoms with E-state index >= 15 is 0 Å². The van der Waals surface area contributed by atoms with Crippen molar-refractivity contribution in [3.8, 4) is 0 Å². The second-order valence-electron chi connectivity index (χ2n) is 4.60. The molecule has 0 bridgehead atoms. The van der Waals surface area contributed by atoms with Gasteiger partial charge in [0, 0.05) is 12.1 Å². The molecule has 3 N–H and O–H groups in total. The highest BCUT2D eigenvalue weighted by molar-refractivity contribution is 4.86. The fraction of sp³-hybridized carbons (Fsp3) is 1.00. The van der Waals surface area contributed by atoms with Crippen LogP contribution in [0.15, 0.2) is 0 Å². The van der Waals surface area contributed by atoms with Gasteiger partial charge in [0.15, 0.2) is 0 Å². The summed E-state index contributed by atoms with van der Waals surface area (Å²) in [4.78, 5) is 0. The lowest BCUT2D eigenvalue weighted by Crippen LogP contribution is -2.53. The van der Waals surface area contributed by atoms with Gasteiger partial charge in [0.2, 0.25) is 0 Å². The molecule has 0 saturated carbocycles. The smallest absolute Gasteiger partial charge is 0.0741 e. The predicted molar refractivity (Wildman–Crippen MR) is 54.7 cm³/mol. The molecule has 0 heterocycles. The lowest BCUT2D eigenvalue weighted by Gasteiger charge is -2.33. The largest absolute Gasteiger partial charge is 0.392 e. The lowest BCUT2D eigenvalue weighted by molar-refractivity contribution is 0.0298. The van der Waals surface area contributed by atoms with Gasteiger partial charge in [0.05, 0.1) is 11.7 Å². The van der Waals surface area contributed by atoms with Crippen molar-refractivity contribution in [1.29, 1.82) is 0 Å². The Hall–Kier alpha value is -0.120. The molecule has 0 aliphatic rings. The number of nitrogens with one attached hydrogen (secondary N) is 1. The summed E-state index contributed by atoms with van der Waals surface area (Å²) in [5.41, 5.74) is -1.04. The molecule has 2 atom stereocenters. The molecular weight excluding hydrogens is 166 g/mol. The van der Waals surface area contributed by atoms with Gasteiger partial charge in [-0.15, -0.1) is 0 Å². The lowest BCUT2D eigenvalue weighted by atomic mass is 9.96. The van der Waals surface area contributed by atoms with Gasteiger partial charge in [0.1, 0.15) is 0 Å². The maximum atomic E-state index is 9.72. The van der Waals surface area contributed by atoms with Crippen LogP contribution < -0.4 is 5.32 Å². The van der Waals surface area contributed by atoms with Crippen LogP contribution in [0.3, 0.4) is 0 Å². The highest BCUT2D eigenvalue weighted by atomic mass is 16.3. The normalized spacial score (nSPS) is 19.6. The van der Waals surface area contributed by atoms with Crippen molar-refractivity contribution in [3.63, 3.8) is 0 Å². The van der Waals surface area contributed by atoms with E-state index in [1.54, 1.807) is 13.8 Å². The van der Waals surface area contributed by atoms with Crippen LogP contribution in [0.4, 0.5) is 0 Å². The number of aliphatic hydroxyl groups excluding tert-OH is 1. The number of hydrogen-bond donors (Lipinski definition) is 3. The molecule has 0 saturated heterocycles. The Balaban J connectivity index is 4.02. The number of hydrogen-bond acceptors (Lipinski definition) is 3. The first-order valence-electron chi connectivity index (χ1n) is 4.87. The van der Waals surface area contributed by atoms with E-state index in [4.69, 9.17) is 0 Å². The summed E-state index contributed by atoms with van der Waals surface area (Å²) in [6.07, 6.45) is 0.274. The average Bonchev–Trinajstić information content (AvgIpc) is 2.01. The number of rotatable bonds is 5. The van der Waals surface area contributed by atoms with Gasteiger partial charge in [0.25, 0.3) is 0 Å². The fourth-order valence-electron chi connectivity index (χ4n) is 0.691. The molecule has 0 rings (SSSR count). The topological polar surface area (TPSA) is 52.5 Å². The molecule has 0 amide bonds. The number of β-amino-alcohol motifs (C(OH)–C–C–N with tert-alkyl or cyclic N) is 1. The van der Waals surface area contributed by atoms with Crippen molar-refractivity contribution in [2.45, 2.75) is 58.3 Å². The monoisotopic (exact) mass is 189 g/mol. The Morgan fingerprint density at radius 1 is 1.31 bits per heavy atom. The van der Waals surface area contributed by atoms with Gasteiger partial charge in [-0.25, -0.2) is 0 Å². The molecule has 3 heteroatoms. The van der Waals surface area contributed by atoms with E-state index in [9.17, 15) is 10.2 Å². The highest BCUT2D eigenvalue weighted by Crippen LogP contribution is 2.12. The molecular formula is C10H23NO2. The second-order valence-corrected chi connectivity index (χ2v) is 4.60. The van der Waals surface area contributed by atoms with E-state index in [1.807, 2.05) is 20.8 Å². The summed E-state index contributed by atoms with van der Waals surface area (Å²) in [6, 6.07) is 0. The van der Waals surface area contributed by atoms with Crippen LogP contribution in [0.2, 0.25) is 0 Å². The first kappa shape index (κ1) is 12.9. The zero-order valence-electron chi connectivity index (χ0n) is 9.39. The van der Waals surface area contributed by atoms with E-state index in [2.05, 4.69) is 5.32 Å². The first-order chi connectivity index (χ1) is 5.71. The third-order valence-electron chi connectivity index (χ3n) is 2.73. The second kappa shape index (κ2) is 4.40. The van der Waals surface area contributed by atoms with Crippen LogP contribution in [0.5, 0.6) is 0 Å². The van der Waals surface area contributed by atoms with E-state index < -0.39 is 11.7 Å². The van der Waals surface area contributed by atoms with Gasteiger partial charge in [-0.2, -0.15) is 0 Å². The SMILES string of the molecule is CCC(C)(O)CNC(C)(C)C(C)O. The Kier molecular flexibility index (Phi) is 4.36. The van der Waals surface area contributed by atoms with Crippen molar-refractivity contribution >= 4 is 0 Å². The Morgan fingerprint density at radius 2 is 1.77 bits per heavy atom. The number of aliphatic hydroxyl groups is 2. The van der Waals surface area contributed by atoms with Crippen molar-refractivity contribution in [2.75, 3.05) is 6.54 Å². The molecule has 0 aromatic heterocycles. The van der Waals surface area contributed by atoms with Gasteiger partial charge < -0.3 is 15.5 Å². The van der Waals surface area contributed by atoms with Crippen LogP contribution >= 0.6 is 0 Å².